The standard InChI is InChI=1S/C19H23N3O2/c1-13-6-5-7-14(2)18(13)19(24)20-10-11-22-17(23)12-15-8-3-4-9-16(15)21-22/h5-7,12H,3-4,8-11H2,1-2H3,(H,20,24). The van der Waals surface area contributed by atoms with E-state index in [1.807, 2.05) is 32.0 Å². The lowest BCUT2D eigenvalue weighted by molar-refractivity contribution is 0.0950. The van der Waals surface area contributed by atoms with Gasteiger partial charge in [0.1, 0.15) is 0 Å². The highest BCUT2D eigenvalue weighted by atomic mass is 16.2. The molecule has 126 valence electrons. The number of benzene rings is 1. The van der Waals surface area contributed by atoms with E-state index in [0.29, 0.717) is 18.7 Å². The van der Waals surface area contributed by atoms with Gasteiger partial charge >= 0.3 is 0 Å². The number of carbonyl (C=O) groups excluding carboxylic acids is 1. The van der Waals surface area contributed by atoms with Gasteiger partial charge in [-0.05, 0) is 56.2 Å². The summed E-state index contributed by atoms with van der Waals surface area (Å²) in [6.07, 6.45) is 4.14. The van der Waals surface area contributed by atoms with Gasteiger partial charge in [0.2, 0.25) is 0 Å². The zero-order valence-corrected chi connectivity index (χ0v) is 14.3. The minimum atomic E-state index is -0.100. The van der Waals surface area contributed by atoms with Crippen LogP contribution in [0, 0.1) is 13.8 Å². The monoisotopic (exact) mass is 325 g/mol. The minimum Gasteiger partial charge on any atom is -0.350 e. The van der Waals surface area contributed by atoms with Crippen LogP contribution in [-0.4, -0.2) is 22.2 Å². The van der Waals surface area contributed by atoms with Crippen molar-refractivity contribution in [2.75, 3.05) is 6.54 Å². The first-order valence-electron chi connectivity index (χ1n) is 8.50. The summed E-state index contributed by atoms with van der Waals surface area (Å²) in [5, 5.41) is 7.37. The molecule has 1 aliphatic rings. The highest BCUT2D eigenvalue weighted by molar-refractivity contribution is 5.97. The first kappa shape index (κ1) is 16.4. The number of hydrogen-bond acceptors (Lipinski definition) is 3. The summed E-state index contributed by atoms with van der Waals surface area (Å²) >= 11 is 0. The lowest BCUT2D eigenvalue weighted by atomic mass is 9.97. The predicted octanol–water partition coefficient (Wildman–Crippen LogP) is 2.17. The van der Waals surface area contributed by atoms with Crippen molar-refractivity contribution in [3.8, 4) is 0 Å². The number of amides is 1. The van der Waals surface area contributed by atoms with Crippen LogP contribution in [0.2, 0.25) is 0 Å². The van der Waals surface area contributed by atoms with Gasteiger partial charge in [-0.15, -0.1) is 0 Å². The van der Waals surface area contributed by atoms with Crippen LogP contribution < -0.4 is 10.9 Å². The molecule has 1 amide bonds. The third kappa shape index (κ3) is 3.40. The van der Waals surface area contributed by atoms with Crippen LogP contribution in [0.15, 0.2) is 29.1 Å². The normalized spacial score (nSPS) is 13.4. The molecule has 0 radical (unpaired) electrons. The van der Waals surface area contributed by atoms with Crippen molar-refractivity contribution in [3.05, 3.63) is 62.6 Å². The number of fused-ring (bicyclic) bond motifs is 1. The fourth-order valence-electron chi connectivity index (χ4n) is 3.30. The summed E-state index contributed by atoms with van der Waals surface area (Å²) < 4.78 is 1.47. The lowest BCUT2D eigenvalue weighted by Gasteiger charge is -2.16. The Morgan fingerprint density at radius 3 is 2.67 bits per heavy atom. The second kappa shape index (κ2) is 6.99. The molecule has 0 spiro atoms. The van der Waals surface area contributed by atoms with E-state index in [2.05, 4.69) is 10.4 Å². The zero-order valence-electron chi connectivity index (χ0n) is 14.3. The molecular formula is C19H23N3O2. The molecule has 5 nitrogen and oxygen atoms in total. The van der Waals surface area contributed by atoms with Crippen molar-refractivity contribution < 1.29 is 4.79 Å². The molecule has 0 atom stereocenters. The summed E-state index contributed by atoms with van der Waals surface area (Å²) in [6, 6.07) is 7.50. The van der Waals surface area contributed by atoms with E-state index >= 15 is 0 Å². The van der Waals surface area contributed by atoms with E-state index in [4.69, 9.17) is 0 Å². The van der Waals surface area contributed by atoms with Crippen molar-refractivity contribution in [1.82, 2.24) is 15.1 Å². The number of hydrogen-bond donors (Lipinski definition) is 1. The number of carbonyl (C=O) groups is 1. The molecular weight excluding hydrogens is 302 g/mol. The molecule has 0 bridgehead atoms. The average Bonchev–Trinajstić information content (AvgIpc) is 2.55. The van der Waals surface area contributed by atoms with E-state index < -0.39 is 0 Å². The molecule has 3 rings (SSSR count). The van der Waals surface area contributed by atoms with Crippen LogP contribution in [0.25, 0.3) is 0 Å². The maximum atomic E-state index is 12.4. The van der Waals surface area contributed by atoms with E-state index in [1.54, 1.807) is 6.07 Å². The van der Waals surface area contributed by atoms with Gasteiger partial charge in [0.05, 0.1) is 12.2 Å². The SMILES string of the molecule is Cc1cccc(C)c1C(=O)NCCn1nc2c(cc1=O)CCCC2. The molecule has 1 aliphatic carbocycles. The zero-order chi connectivity index (χ0) is 17.1. The van der Waals surface area contributed by atoms with Crippen molar-refractivity contribution in [2.24, 2.45) is 0 Å². The van der Waals surface area contributed by atoms with Crippen LogP contribution in [0.5, 0.6) is 0 Å². The molecule has 0 fully saturated rings. The summed E-state index contributed by atoms with van der Waals surface area (Å²) in [5.41, 5.74) is 4.65. The Labute approximate surface area is 141 Å². The number of nitrogens with zero attached hydrogens (tertiary/aromatic N) is 2. The predicted molar refractivity (Wildman–Crippen MR) is 93.4 cm³/mol. The van der Waals surface area contributed by atoms with Gasteiger partial charge in [-0.3, -0.25) is 9.59 Å². The summed E-state index contributed by atoms with van der Waals surface area (Å²) in [7, 11) is 0. The van der Waals surface area contributed by atoms with Gasteiger partial charge in [-0.2, -0.15) is 5.10 Å². The lowest BCUT2D eigenvalue weighted by Crippen LogP contribution is -2.33. The highest BCUT2D eigenvalue weighted by Gasteiger charge is 2.14. The Kier molecular flexibility index (Phi) is 4.79. The number of rotatable bonds is 4. The highest BCUT2D eigenvalue weighted by Crippen LogP contribution is 2.16. The summed E-state index contributed by atoms with van der Waals surface area (Å²) in [5.74, 6) is -0.100. The molecule has 2 aromatic rings. The van der Waals surface area contributed by atoms with E-state index in [1.165, 1.54) is 4.68 Å². The third-order valence-electron chi connectivity index (χ3n) is 4.59. The number of aryl methyl sites for hydroxylation is 4. The first-order valence-corrected chi connectivity index (χ1v) is 8.50. The van der Waals surface area contributed by atoms with Crippen molar-refractivity contribution in [3.63, 3.8) is 0 Å². The molecule has 0 unspecified atom stereocenters. The molecule has 1 aromatic heterocycles. The van der Waals surface area contributed by atoms with E-state index in [0.717, 1.165) is 48.1 Å². The van der Waals surface area contributed by atoms with Crippen LogP contribution in [-0.2, 0) is 19.4 Å². The van der Waals surface area contributed by atoms with Gasteiger partial charge in [-0.25, -0.2) is 4.68 Å². The topological polar surface area (TPSA) is 64.0 Å². The Balaban J connectivity index is 1.66. The molecule has 5 heteroatoms. The van der Waals surface area contributed by atoms with Crippen LogP contribution in [0.4, 0.5) is 0 Å². The molecule has 1 N–H and O–H groups in total. The molecule has 0 saturated heterocycles. The molecule has 0 saturated carbocycles. The summed E-state index contributed by atoms with van der Waals surface area (Å²) in [4.78, 5) is 24.5. The second-order valence-corrected chi connectivity index (χ2v) is 6.41. The third-order valence-corrected chi connectivity index (χ3v) is 4.59. The second-order valence-electron chi connectivity index (χ2n) is 6.41. The number of nitrogens with one attached hydrogen (secondary N) is 1. The van der Waals surface area contributed by atoms with Gasteiger partial charge < -0.3 is 5.32 Å². The van der Waals surface area contributed by atoms with Crippen molar-refractivity contribution >= 4 is 5.91 Å². The first-order chi connectivity index (χ1) is 11.6. The number of aromatic nitrogens is 2. The minimum absolute atomic E-state index is 0.0861. The molecule has 24 heavy (non-hydrogen) atoms. The molecule has 1 heterocycles. The van der Waals surface area contributed by atoms with Gasteiger partial charge in [0, 0.05) is 18.2 Å². The fraction of sp³-hybridized carbons (Fsp3) is 0.421. The van der Waals surface area contributed by atoms with E-state index in [9.17, 15) is 9.59 Å². The van der Waals surface area contributed by atoms with Crippen LogP contribution in [0.1, 0.15) is 45.6 Å². The Morgan fingerprint density at radius 2 is 1.92 bits per heavy atom. The Bertz CT molecular complexity index is 804. The van der Waals surface area contributed by atoms with Crippen LogP contribution in [0.3, 0.4) is 0 Å². The maximum Gasteiger partial charge on any atom is 0.267 e. The van der Waals surface area contributed by atoms with Crippen molar-refractivity contribution in [1.29, 1.82) is 0 Å². The van der Waals surface area contributed by atoms with Gasteiger partial charge in [0.25, 0.3) is 11.5 Å². The van der Waals surface area contributed by atoms with E-state index in [-0.39, 0.29) is 11.5 Å². The molecule has 1 aromatic carbocycles. The maximum absolute atomic E-state index is 12.4. The quantitative estimate of drug-likeness (QED) is 0.937. The summed E-state index contributed by atoms with van der Waals surface area (Å²) in [6.45, 7) is 4.63. The molecule has 0 aliphatic heterocycles. The van der Waals surface area contributed by atoms with Gasteiger partial charge in [0.15, 0.2) is 0 Å². The fourth-order valence-corrected chi connectivity index (χ4v) is 3.30. The van der Waals surface area contributed by atoms with Crippen molar-refractivity contribution in [2.45, 2.75) is 46.1 Å². The Morgan fingerprint density at radius 1 is 1.21 bits per heavy atom. The van der Waals surface area contributed by atoms with Gasteiger partial charge in [-0.1, -0.05) is 18.2 Å². The average molecular weight is 325 g/mol. The Hall–Kier alpha value is -2.43. The largest absolute Gasteiger partial charge is 0.350 e. The smallest absolute Gasteiger partial charge is 0.267 e. The van der Waals surface area contributed by atoms with Crippen LogP contribution >= 0.6 is 0 Å².